The quantitative estimate of drug-likeness (QED) is 0.774. The van der Waals surface area contributed by atoms with Crippen LogP contribution in [0.4, 0.5) is 0 Å². The average Bonchev–Trinajstić information content (AvgIpc) is 2.92. The number of ether oxygens (including phenoxy) is 1. The second-order valence-corrected chi connectivity index (χ2v) is 7.54. The number of para-hydroxylation sites is 1. The van der Waals surface area contributed by atoms with Gasteiger partial charge in [0.1, 0.15) is 10.6 Å². The van der Waals surface area contributed by atoms with Crippen molar-refractivity contribution in [2.45, 2.75) is 40.2 Å². The van der Waals surface area contributed by atoms with Gasteiger partial charge in [0.15, 0.2) is 0 Å². The number of amides is 1. The third kappa shape index (κ3) is 3.96. The number of methoxy groups -OCH3 is 1. The summed E-state index contributed by atoms with van der Waals surface area (Å²) in [5.41, 5.74) is 1.82. The van der Waals surface area contributed by atoms with Crippen LogP contribution in [0.2, 0.25) is 0 Å². The smallest absolute Gasteiger partial charge is 0.266 e. The van der Waals surface area contributed by atoms with Gasteiger partial charge in [-0.05, 0) is 25.8 Å². The predicted octanol–water partition coefficient (Wildman–Crippen LogP) is 4.49. The molecule has 0 aliphatic rings. The van der Waals surface area contributed by atoms with Crippen LogP contribution in [0.3, 0.4) is 0 Å². The van der Waals surface area contributed by atoms with Gasteiger partial charge >= 0.3 is 0 Å². The minimum atomic E-state index is -0.0799. The molecule has 0 radical (unpaired) electrons. The number of rotatable bonds is 6. The molecule has 24 heavy (non-hydrogen) atoms. The first-order valence-electron chi connectivity index (χ1n) is 8.21. The van der Waals surface area contributed by atoms with Gasteiger partial charge < -0.3 is 9.64 Å². The third-order valence-corrected chi connectivity index (χ3v) is 5.28. The fraction of sp³-hybridized carbons (Fsp3) is 0.474. The van der Waals surface area contributed by atoms with Crippen LogP contribution in [-0.4, -0.2) is 29.9 Å². The van der Waals surface area contributed by atoms with Crippen LogP contribution < -0.4 is 4.74 Å². The van der Waals surface area contributed by atoms with Gasteiger partial charge in [0.25, 0.3) is 5.91 Å². The van der Waals surface area contributed by atoms with E-state index in [1.165, 1.54) is 11.3 Å². The molecule has 4 nitrogen and oxygen atoms in total. The van der Waals surface area contributed by atoms with Crippen molar-refractivity contribution >= 4 is 17.2 Å². The molecule has 1 heterocycles. The van der Waals surface area contributed by atoms with Crippen molar-refractivity contribution < 1.29 is 9.53 Å². The van der Waals surface area contributed by atoms with Crippen LogP contribution in [0.25, 0.3) is 0 Å². The third-order valence-electron chi connectivity index (χ3n) is 4.11. The van der Waals surface area contributed by atoms with E-state index in [-0.39, 0.29) is 11.9 Å². The maximum atomic E-state index is 12.9. The zero-order valence-corrected chi connectivity index (χ0v) is 16.1. The summed E-state index contributed by atoms with van der Waals surface area (Å²) in [6.45, 7) is 8.25. The highest BCUT2D eigenvalue weighted by atomic mass is 32.1. The maximum Gasteiger partial charge on any atom is 0.266 e. The van der Waals surface area contributed by atoms with Gasteiger partial charge in [-0.2, -0.15) is 0 Å². The Kier molecular flexibility index (Phi) is 5.99. The minimum Gasteiger partial charge on any atom is -0.496 e. The van der Waals surface area contributed by atoms with E-state index in [9.17, 15) is 4.79 Å². The van der Waals surface area contributed by atoms with E-state index in [1.807, 2.05) is 45.2 Å². The fourth-order valence-corrected chi connectivity index (χ4v) is 3.90. The zero-order chi connectivity index (χ0) is 17.9. The molecule has 1 amide bonds. The molecule has 5 heteroatoms. The first kappa shape index (κ1) is 18.5. The minimum absolute atomic E-state index is 0.0124. The molecule has 2 rings (SSSR count). The van der Waals surface area contributed by atoms with E-state index in [2.05, 4.69) is 18.8 Å². The highest BCUT2D eigenvalue weighted by molar-refractivity contribution is 7.13. The molecular formula is C19H26N2O2S. The molecule has 1 aromatic heterocycles. The van der Waals surface area contributed by atoms with E-state index in [0.717, 1.165) is 33.3 Å². The Morgan fingerprint density at radius 2 is 1.96 bits per heavy atom. The Labute approximate surface area is 148 Å². The number of nitrogens with zero attached hydrogens (tertiary/aromatic N) is 2. The average molecular weight is 346 g/mol. The first-order chi connectivity index (χ1) is 11.3. The summed E-state index contributed by atoms with van der Waals surface area (Å²) in [6.07, 6.45) is 0.907. The summed E-state index contributed by atoms with van der Waals surface area (Å²) < 4.78 is 5.43. The van der Waals surface area contributed by atoms with Crippen LogP contribution in [0.15, 0.2) is 24.3 Å². The molecule has 0 bridgehead atoms. The van der Waals surface area contributed by atoms with Crippen LogP contribution in [0.1, 0.15) is 52.7 Å². The maximum absolute atomic E-state index is 12.9. The van der Waals surface area contributed by atoms with Crippen molar-refractivity contribution in [3.05, 3.63) is 45.4 Å². The van der Waals surface area contributed by atoms with Gasteiger partial charge in [-0.15, -0.1) is 11.3 Å². The second-order valence-electron chi connectivity index (χ2n) is 6.45. The molecule has 0 fully saturated rings. The number of thiazole rings is 1. The topological polar surface area (TPSA) is 42.4 Å². The molecule has 1 atom stereocenters. The number of carbonyl (C=O) groups excluding carboxylic acids is 1. The number of aryl methyl sites for hydroxylation is 1. The molecular weight excluding hydrogens is 320 g/mol. The van der Waals surface area contributed by atoms with Gasteiger partial charge in [0, 0.05) is 19.0 Å². The lowest BCUT2D eigenvalue weighted by molar-refractivity contribution is 0.0745. The van der Waals surface area contributed by atoms with E-state index in [1.54, 1.807) is 12.0 Å². The van der Waals surface area contributed by atoms with Gasteiger partial charge in [-0.3, -0.25) is 4.79 Å². The summed E-state index contributed by atoms with van der Waals surface area (Å²) in [7, 11) is 3.49. The predicted molar refractivity (Wildman–Crippen MR) is 98.9 cm³/mol. The van der Waals surface area contributed by atoms with Crippen molar-refractivity contribution in [1.82, 2.24) is 9.88 Å². The summed E-state index contributed by atoms with van der Waals surface area (Å²) >= 11 is 1.51. The monoisotopic (exact) mass is 346 g/mol. The summed E-state index contributed by atoms with van der Waals surface area (Å²) in [4.78, 5) is 20.0. The summed E-state index contributed by atoms with van der Waals surface area (Å²) in [5, 5.41) is 1.03. The standard InChI is InChI=1S/C19H26N2O2S/c1-12(2)11-17-20-13(3)18(24-17)19(22)21(5)14(4)15-9-7-8-10-16(15)23-6/h7-10,12,14H,11H2,1-6H3. The van der Waals surface area contributed by atoms with Crippen molar-refractivity contribution in [3.8, 4) is 5.75 Å². The lowest BCUT2D eigenvalue weighted by Gasteiger charge is -2.26. The Hall–Kier alpha value is -1.88. The summed E-state index contributed by atoms with van der Waals surface area (Å²) in [6, 6.07) is 7.73. The van der Waals surface area contributed by atoms with E-state index in [4.69, 9.17) is 4.74 Å². The van der Waals surface area contributed by atoms with E-state index >= 15 is 0 Å². The zero-order valence-electron chi connectivity index (χ0n) is 15.3. The van der Waals surface area contributed by atoms with Gasteiger partial charge in [-0.25, -0.2) is 4.98 Å². The SMILES string of the molecule is COc1ccccc1C(C)N(C)C(=O)c1sc(CC(C)C)nc1C. The Bertz CT molecular complexity index is 709. The number of hydrogen-bond acceptors (Lipinski definition) is 4. The molecule has 2 aromatic rings. The number of carbonyl (C=O) groups is 1. The molecule has 0 N–H and O–H groups in total. The lowest BCUT2D eigenvalue weighted by atomic mass is 10.1. The molecule has 0 saturated heterocycles. The highest BCUT2D eigenvalue weighted by Crippen LogP contribution is 2.30. The molecule has 130 valence electrons. The largest absolute Gasteiger partial charge is 0.496 e. The number of hydrogen-bond donors (Lipinski definition) is 0. The molecule has 0 spiro atoms. The second kappa shape index (κ2) is 7.79. The van der Waals surface area contributed by atoms with Gasteiger partial charge in [-0.1, -0.05) is 32.0 Å². The number of benzene rings is 1. The summed E-state index contributed by atoms with van der Waals surface area (Å²) in [5.74, 6) is 1.34. The fourth-order valence-electron chi connectivity index (χ4n) is 2.64. The molecule has 0 aliphatic carbocycles. The highest BCUT2D eigenvalue weighted by Gasteiger charge is 2.25. The van der Waals surface area contributed by atoms with E-state index in [0.29, 0.717) is 5.92 Å². The Balaban J connectivity index is 2.24. The Morgan fingerprint density at radius 3 is 2.58 bits per heavy atom. The van der Waals surface area contributed by atoms with Crippen molar-refractivity contribution in [2.24, 2.45) is 5.92 Å². The first-order valence-corrected chi connectivity index (χ1v) is 9.03. The van der Waals surface area contributed by atoms with Crippen molar-refractivity contribution in [3.63, 3.8) is 0 Å². The molecule has 0 saturated carbocycles. The van der Waals surface area contributed by atoms with E-state index < -0.39 is 0 Å². The van der Waals surface area contributed by atoms with Crippen LogP contribution >= 0.6 is 11.3 Å². The van der Waals surface area contributed by atoms with Crippen molar-refractivity contribution in [2.75, 3.05) is 14.2 Å². The molecule has 1 unspecified atom stereocenters. The normalized spacial score (nSPS) is 12.3. The van der Waals surface area contributed by atoms with Crippen LogP contribution in [-0.2, 0) is 6.42 Å². The van der Waals surface area contributed by atoms with Crippen LogP contribution in [0.5, 0.6) is 5.75 Å². The van der Waals surface area contributed by atoms with Gasteiger partial charge in [0.05, 0.1) is 23.9 Å². The molecule has 1 aromatic carbocycles. The van der Waals surface area contributed by atoms with Crippen molar-refractivity contribution in [1.29, 1.82) is 0 Å². The number of aromatic nitrogens is 1. The van der Waals surface area contributed by atoms with Gasteiger partial charge in [0.2, 0.25) is 0 Å². The lowest BCUT2D eigenvalue weighted by Crippen LogP contribution is -2.29. The molecule has 0 aliphatic heterocycles. The van der Waals surface area contributed by atoms with Crippen LogP contribution in [0, 0.1) is 12.8 Å². The Morgan fingerprint density at radius 1 is 1.29 bits per heavy atom.